The highest BCUT2D eigenvalue weighted by atomic mass is 35.5. The van der Waals surface area contributed by atoms with Crippen LogP contribution in [0.5, 0.6) is 5.75 Å². The number of nitrogens with two attached hydrogens (primary N) is 1. The van der Waals surface area contributed by atoms with Crippen LogP contribution in [0.2, 0.25) is 5.02 Å². The van der Waals surface area contributed by atoms with Crippen molar-refractivity contribution >= 4 is 17.3 Å². The fourth-order valence-corrected chi connectivity index (χ4v) is 1.88. The third kappa shape index (κ3) is 2.74. The molecule has 2 aromatic rings. The molecule has 0 aliphatic carbocycles. The Balaban J connectivity index is 2.16. The molecule has 0 unspecified atom stereocenters. The lowest BCUT2D eigenvalue weighted by Gasteiger charge is -2.11. The first-order chi connectivity index (χ1) is 8.58. The van der Waals surface area contributed by atoms with E-state index in [2.05, 4.69) is 0 Å². The predicted octanol–water partition coefficient (Wildman–Crippen LogP) is 3.95. The van der Waals surface area contributed by atoms with Gasteiger partial charge in [0.15, 0.2) is 0 Å². The fourth-order valence-electron chi connectivity index (χ4n) is 1.65. The molecule has 0 atom stereocenters. The number of hydrogen-bond donors (Lipinski definition) is 1. The molecule has 0 amide bonds. The van der Waals surface area contributed by atoms with Crippen molar-refractivity contribution in [1.82, 2.24) is 0 Å². The summed E-state index contributed by atoms with van der Waals surface area (Å²) in [5.41, 5.74) is 7.36. The molecule has 0 aliphatic heterocycles. The molecule has 0 aliphatic rings. The first-order valence-electron chi connectivity index (χ1n) is 5.50. The van der Waals surface area contributed by atoms with Gasteiger partial charge in [0, 0.05) is 16.3 Å². The zero-order valence-corrected chi connectivity index (χ0v) is 10.7. The van der Waals surface area contributed by atoms with Crippen LogP contribution in [-0.2, 0) is 6.61 Å². The summed E-state index contributed by atoms with van der Waals surface area (Å²) in [6.07, 6.45) is 0. The molecule has 0 heterocycles. The Hall–Kier alpha value is -1.74. The van der Waals surface area contributed by atoms with Crippen molar-refractivity contribution in [3.63, 3.8) is 0 Å². The van der Waals surface area contributed by atoms with Gasteiger partial charge in [0.25, 0.3) is 0 Å². The maximum atomic E-state index is 13.5. The van der Waals surface area contributed by atoms with Crippen LogP contribution in [0.3, 0.4) is 0 Å². The van der Waals surface area contributed by atoms with Crippen LogP contribution in [0, 0.1) is 12.7 Å². The highest BCUT2D eigenvalue weighted by Crippen LogP contribution is 2.24. The second-order valence-electron chi connectivity index (χ2n) is 4.01. The topological polar surface area (TPSA) is 35.2 Å². The Morgan fingerprint density at radius 1 is 1.28 bits per heavy atom. The van der Waals surface area contributed by atoms with E-state index in [1.165, 1.54) is 6.07 Å². The highest BCUT2D eigenvalue weighted by molar-refractivity contribution is 6.30. The van der Waals surface area contributed by atoms with Gasteiger partial charge in [-0.1, -0.05) is 17.7 Å². The average molecular weight is 266 g/mol. The van der Waals surface area contributed by atoms with Gasteiger partial charge in [-0.25, -0.2) is 4.39 Å². The predicted molar refractivity (Wildman–Crippen MR) is 71.3 cm³/mol. The molecule has 0 bridgehead atoms. The van der Waals surface area contributed by atoms with Crippen molar-refractivity contribution in [2.45, 2.75) is 13.5 Å². The summed E-state index contributed by atoms with van der Waals surface area (Å²) in [5, 5.41) is 0.644. The zero-order valence-electron chi connectivity index (χ0n) is 9.91. The van der Waals surface area contributed by atoms with Crippen LogP contribution in [0.1, 0.15) is 11.1 Å². The zero-order chi connectivity index (χ0) is 13.1. The van der Waals surface area contributed by atoms with Gasteiger partial charge in [0.05, 0.1) is 0 Å². The van der Waals surface area contributed by atoms with Crippen LogP contribution < -0.4 is 10.5 Å². The van der Waals surface area contributed by atoms with E-state index >= 15 is 0 Å². The Labute approximate surface area is 110 Å². The molecular formula is C14H13ClFNO. The molecule has 0 aromatic heterocycles. The molecule has 2 aromatic carbocycles. The van der Waals surface area contributed by atoms with Gasteiger partial charge in [0.2, 0.25) is 0 Å². The number of halogens is 2. The first-order valence-corrected chi connectivity index (χ1v) is 5.87. The van der Waals surface area contributed by atoms with Crippen molar-refractivity contribution in [2.75, 3.05) is 5.73 Å². The Morgan fingerprint density at radius 2 is 2.06 bits per heavy atom. The van der Waals surface area contributed by atoms with E-state index in [9.17, 15) is 4.39 Å². The van der Waals surface area contributed by atoms with Crippen LogP contribution in [0.4, 0.5) is 10.1 Å². The van der Waals surface area contributed by atoms with E-state index in [-0.39, 0.29) is 12.4 Å². The van der Waals surface area contributed by atoms with Crippen LogP contribution in [0.15, 0.2) is 36.4 Å². The van der Waals surface area contributed by atoms with E-state index in [0.717, 1.165) is 5.56 Å². The van der Waals surface area contributed by atoms with Gasteiger partial charge in [0.1, 0.15) is 18.2 Å². The lowest BCUT2D eigenvalue weighted by Crippen LogP contribution is -2.03. The summed E-state index contributed by atoms with van der Waals surface area (Å²) < 4.78 is 19.1. The summed E-state index contributed by atoms with van der Waals surface area (Å²) in [4.78, 5) is 0. The van der Waals surface area contributed by atoms with Crippen LogP contribution >= 0.6 is 11.6 Å². The minimum atomic E-state index is -0.360. The van der Waals surface area contributed by atoms with Gasteiger partial charge in [-0.3, -0.25) is 0 Å². The molecule has 0 radical (unpaired) electrons. The third-order valence-corrected chi connectivity index (χ3v) is 2.90. The van der Waals surface area contributed by atoms with Crippen LogP contribution in [-0.4, -0.2) is 0 Å². The fraction of sp³-hybridized carbons (Fsp3) is 0.143. The van der Waals surface area contributed by atoms with Gasteiger partial charge in [-0.2, -0.15) is 0 Å². The molecule has 4 heteroatoms. The van der Waals surface area contributed by atoms with Gasteiger partial charge < -0.3 is 10.5 Å². The molecule has 2 N–H and O–H groups in total. The summed E-state index contributed by atoms with van der Waals surface area (Å²) in [7, 11) is 0. The summed E-state index contributed by atoms with van der Waals surface area (Å²) in [6.45, 7) is 1.98. The van der Waals surface area contributed by atoms with Crippen molar-refractivity contribution in [3.8, 4) is 5.75 Å². The summed E-state index contributed by atoms with van der Waals surface area (Å²) in [5.74, 6) is 0.309. The molecular weight excluding hydrogens is 253 g/mol. The maximum absolute atomic E-state index is 13.5. The normalized spacial score (nSPS) is 10.4. The smallest absolute Gasteiger partial charge is 0.131 e. The van der Waals surface area contributed by atoms with Gasteiger partial charge in [-0.05, 0) is 42.8 Å². The lowest BCUT2D eigenvalue weighted by atomic mass is 10.2. The lowest BCUT2D eigenvalue weighted by molar-refractivity contribution is 0.298. The van der Waals surface area contributed by atoms with Gasteiger partial charge >= 0.3 is 0 Å². The molecule has 0 spiro atoms. The number of hydrogen-bond acceptors (Lipinski definition) is 2. The Morgan fingerprint density at radius 3 is 2.72 bits per heavy atom. The Bertz CT molecular complexity index is 551. The number of benzene rings is 2. The van der Waals surface area contributed by atoms with Crippen molar-refractivity contribution < 1.29 is 9.13 Å². The minimum absolute atomic E-state index is 0.0982. The minimum Gasteiger partial charge on any atom is -0.488 e. The number of anilines is 1. The second kappa shape index (κ2) is 5.27. The largest absolute Gasteiger partial charge is 0.488 e. The monoisotopic (exact) mass is 265 g/mol. The molecule has 94 valence electrons. The molecule has 0 saturated heterocycles. The summed E-state index contributed by atoms with van der Waals surface area (Å²) in [6, 6.07) is 9.87. The first kappa shape index (κ1) is 12.7. The maximum Gasteiger partial charge on any atom is 0.131 e. The second-order valence-corrected chi connectivity index (χ2v) is 4.44. The quantitative estimate of drug-likeness (QED) is 0.853. The molecule has 2 nitrogen and oxygen atoms in total. The molecule has 0 saturated carbocycles. The average Bonchev–Trinajstić information content (AvgIpc) is 2.31. The van der Waals surface area contributed by atoms with Crippen LogP contribution in [0.25, 0.3) is 0 Å². The van der Waals surface area contributed by atoms with E-state index < -0.39 is 0 Å². The van der Waals surface area contributed by atoms with Crippen molar-refractivity contribution in [2.24, 2.45) is 0 Å². The van der Waals surface area contributed by atoms with E-state index in [1.807, 2.05) is 6.92 Å². The SMILES string of the molecule is Cc1cc(Cl)ccc1OCc1c(N)cccc1F. The molecule has 2 rings (SSSR count). The number of aryl methyl sites for hydroxylation is 1. The number of nitrogen functional groups attached to an aromatic ring is 1. The van der Waals surface area contributed by atoms with E-state index in [0.29, 0.717) is 22.0 Å². The van der Waals surface area contributed by atoms with Gasteiger partial charge in [-0.15, -0.1) is 0 Å². The van der Waals surface area contributed by atoms with E-state index in [1.54, 1.807) is 30.3 Å². The van der Waals surface area contributed by atoms with Crippen molar-refractivity contribution in [3.05, 3.63) is 58.4 Å². The summed E-state index contributed by atoms with van der Waals surface area (Å²) >= 11 is 5.85. The number of ether oxygens (including phenoxy) is 1. The van der Waals surface area contributed by atoms with E-state index in [4.69, 9.17) is 22.1 Å². The standard InChI is InChI=1S/C14H13ClFNO/c1-9-7-10(15)5-6-14(9)18-8-11-12(16)3-2-4-13(11)17/h2-7H,8,17H2,1H3. The van der Waals surface area contributed by atoms with Crippen molar-refractivity contribution in [1.29, 1.82) is 0 Å². The molecule has 18 heavy (non-hydrogen) atoms. The Kier molecular flexibility index (Phi) is 3.72. The number of rotatable bonds is 3. The third-order valence-electron chi connectivity index (χ3n) is 2.66. The molecule has 0 fully saturated rings. The highest BCUT2D eigenvalue weighted by Gasteiger charge is 2.08.